The van der Waals surface area contributed by atoms with Crippen LogP contribution in [0.1, 0.15) is 16.3 Å². The normalized spacial score (nSPS) is 19.4. The highest BCUT2D eigenvalue weighted by molar-refractivity contribution is 8.03. The van der Waals surface area contributed by atoms with Crippen LogP contribution in [0, 0.1) is 0 Å². The number of aliphatic carboxylic acids is 1. The molecule has 0 radical (unpaired) electrons. The number of hydrogen-bond donors (Lipinski definition) is 2. The number of benzene rings is 1. The quantitative estimate of drug-likeness (QED) is 0.420. The maximum absolute atomic E-state index is 12.8. The number of carboxylic acids is 1. The molecule has 1 unspecified atom stereocenters. The molecule has 2 aliphatic heterocycles. The second-order valence-corrected chi connectivity index (χ2v) is 10.3. The van der Waals surface area contributed by atoms with Crippen molar-refractivity contribution in [1.29, 1.82) is 0 Å². The number of thiocarbonyl (C=S) groups is 1. The van der Waals surface area contributed by atoms with E-state index in [-0.39, 0.29) is 40.8 Å². The van der Waals surface area contributed by atoms with E-state index in [0.29, 0.717) is 10.7 Å². The molecule has 1 saturated heterocycles. The van der Waals surface area contributed by atoms with E-state index >= 15 is 0 Å². The minimum atomic E-state index is -1.32. The monoisotopic (exact) mass is 516 g/mol. The predicted octanol–water partition coefficient (Wildman–Crippen LogP) is 1.54. The number of rotatable bonds is 7. The summed E-state index contributed by atoms with van der Waals surface area (Å²) in [5, 5.41) is 13.4. The number of amides is 3. The average Bonchev–Trinajstić information content (AvgIpc) is 3.26. The van der Waals surface area contributed by atoms with Crippen molar-refractivity contribution in [2.24, 2.45) is 0 Å². The average molecular weight is 517 g/mol. The Labute approximate surface area is 208 Å². The van der Waals surface area contributed by atoms with Gasteiger partial charge in [0.25, 0.3) is 5.91 Å². The molecule has 2 aromatic rings. The van der Waals surface area contributed by atoms with Crippen LogP contribution in [0.4, 0.5) is 0 Å². The van der Waals surface area contributed by atoms with Gasteiger partial charge in [-0.15, -0.1) is 23.1 Å². The van der Waals surface area contributed by atoms with Gasteiger partial charge in [-0.1, -0.05) is 42.5 Å². The third kappa shape index (κ3) is 4.61. The molecule has 2 atom stereocenters. The maximum Gasteiger partial charge on any atom is 0.353 e. The second-order valence-electron chi connectivity index (χ2n) is 7.81. The molecule has 12 heteroatoms. The van der Waals surface area contributed by atoms with E-state index in [0.717, 1.165) is 21.8 Å². The molecule has 9 nitrogen and oxygen atoms in total. The van der Waals surface area contributed by atoms with Crippen molar-refractivity contribution < 1.29 is 24.3 Å². The minimum absolute atomic E-state index is 0.0483. The molecule has 1 fully saturated rings. The number of carbonyl (C=O) groups excluding carboxylic acids is 3. The van der Waals surface area contributed by atoms with E-state index < -0.39 is 22.6 Å². The maximum atomic E-state index is 12.8. The molecule has 1 aromatic carbocycles. The van der Waals surface area contributed by atoms with Gasteiger partial charge in [0, 0.05) is 19.5 Å². The second kappa shape index (κ2) is 9.65. The molecular formula is C22H20N4O5S3. The number of β-lactam (4-membered cyclic amide) rings is 1. The first-order chi connectivity index (χ1) is 16.2. The summed E-state index contributed by atoms with van der Waals surface area (Å²) >= 11 is 7.49. The summed E-state index contributed by atoms with van der Waals surface area (Å²) < 4.78 is 0. The number of nitrogens with zero attached hydrogens (tertiary/aromatic N) is 3. The van der Waals surface area contributed by atoms with Crippen LogP contribution < -0.4 is 5.32 Å². The number of carboxylic acid groups (broad SMARTS) is 1. The highest BCUT2D eigenvalue weighted by atomic mass is 32.2. The Morgan fingerprint density at radius 1 is 1.21 bits per heavy atom. The first kappa shape index (κ1) is 24.0. The van der Waals surface area contributed by atoms with Crippen LogP contribution in [-0.2, 0) is 32.0 Å². The molecule has 1 aromatic heterocycles. The SMILES string of the molecule is CN(C)C(=O)Cc1csc(C2=C(C(=O)O)N3C(=O)C(=S)[C@@H]3SC2NC(=O)Cc2ccccc2)n1. The van der Waals surface area contributed by atoms with Crippen LogP contribution >= 0.6 is 35.3 Å². The lowest BCUT2D eigenvalue weighted by Gasteiger charge is -2.46. The van der Waals surface area contributed by atoms with Crippen LogP contribution in [0.3, 0.4) is 0 Å². The zero-order valence-corrected chi connectivity index (χ0v) is 20.6. The molecule has 2 N–H and O–H groups in total. The summed E-state index contributed by atoms with van der Waals surface area (Å²) in [7, 11) is 3.27. The molecule has 3 amide bonds. The fourth-order valence-electron chi connectivity index (χ4n) is 3.52. The van der Waals surface area contributed by atoms with Crippen LogP contribution in [0.5, 0.6) is 0 Å². The van der Waals surface area contributed by atoms with E-state index in [1.54, 1.807) is 19.5 Å². The Morgan fingerprint density at radius 3 is 2.56 bits per heavy atom. The number of hydrogen-bond acceptors (Lipinski definition) is 8. The number of thioether (sulfide) groups is 1. The summed E-state index contributed by atoms with van der Waals surface area (Å²) in [4.78, 5) is 56.8. The summed E-state index contributed by atoms with van der Waals surface area (Å²) in [6, 6.07) is 9.15. The molecular weight excluding hydrogens is 496 g/mol. The molecule has 176 valence electrons. The fourth-order valence-corrected chi connectivity index (χ4v) is 6.22. The van der Waals surface area contributed by atoms with Gasteiger partial charge in [-0.2, -0.15) is 0 Å². The zero-order chi connectivity index (χ0) is 24.6. The lowest BCUT2D eigenvalue weighted by molar-refractivity contribution is -0.138. The Bertz CT molecular complexity index is 1220. The number of aromatic nitrogens is 1. The summed E-state index contributed by atoms with van der Waals surface area (Å²) in [5.74, 6) is -2.33. The van der Waals surface area contributed by atoms with Crippen molar-refractivity contribution in [2.75, 3.05) is 14.1 Å². The largest absolute Gasteiger partial charge is 0.477 e. The van der Waals surface area contributed by atoms with E-state index in [2.05, 4.69) is 10.3 Å². The Morgan fingerprint density at radius 2 is 1.91 bits per heavy atom. The summed E-state index contributed by atoms with van der Waals surface area (Å²) in [6.07, 6.45) is 0.151. The van der Waals surface area contributed by atoms with Gasteiger partial charge in [-0.25, -0.2) is 9.78 Å². The van der Waals surface area contributed by atoms with E-state index in [9.17, 15) is 24.3 Å². The third-order valence-corrected chi connectivity index (χ3v) is 8.03. The summed E-state index contributed by atoms with van der Waals surface area (Å²) in [6.45, 7) is 0. The van der Waals surface area contributed by atoms with Crippen molar-refractivity contribution in [2.45, 2.75) is 23.6 Å². The molecule has 0 aliphatic carbocycles. The molecule has 34 heavy (non-hydrogen) atoms. The molecule has 2 aliphatic rings. The molecule has 0 bridgehead atoms. The molecule has 4 rings (SSSR count). The molecule has 0 spiro atoms. The van der Waals surface area contributed by atoms with Crippen LogP contribution in [0.2, 0.25) is 0 Å². The lowest BCUT2D eigenvalue weighted by atomic mass is 10.1. The van der Waals surface area contributed by atoms with Gasteiger partial charge in [0.1, 0.15) is 26.3 Å². The first-order valence-corrected chi connectivity index (χ1v) is 12.4. The smallest absolute Gasteiger partial charge is 0.353 e. The van der Waals surface area contributed by atoms with Crippen LogP contribution in [0.15, 0.2) is 41.4 Å². The first-order valence-electron chi connectivity index (χ1n) is 10.2. The van der Waals surface area contributed by atoms with Gasteiger partial charge in [0.2, 0.25) is 11.8 Å². The van der Waals surface area contributed by atoms with Crippen molar-refractivity contribution in [1.82, 2.24) is 20.1 Å². The summed E-state index contributed by atoms with van der Waals surface area (Å²) in [5.41, 5.74) is 1.23. The van der Waals surface area contributed by atoms with Gasteiger partial charge < -0.3 is 15.3 Å². The van der Waals surface area contributed by atoms with E-state index in [1.807, 2.05) is 30.3 Å². The number of nitrogens with one attached hydrogen (secondary N) is 1. The van der Waals surface area contributed by atoms with Crippen molar-refractivity contribution in [3.05, 3.63) is 57.7 Å². The third-order valence-electron chi connectivity index (χ3n) is 5.23. The van der Waals surface area contributed by atoms with Gasteiger partial charge in [-0.05, 0) is 5.56 Å². The van der Waals surface area contributed by atoms with Crippen LogP contribution in [0.25, 0.3) is 5.57 Å². The molecule has 3 heterocycles. The number of likely N-dealkylation sites (N-methyl/N-ethyl adjacent to an activating group) is 1. The van der Waals surface area contributed by atoms with Crippen molar-refractivity contribution >= 4 is 69.4 Å². The highest BCUT2D eigenvalue weighted by Crippen LogP contribution is 2.46. The van der Waals surface area contributed by atoms with E-state index in [1.165, 1.54) is 16.7 Å². The highest BCUT2D eigenvalue weighted by Gasteiger charge is 2.53. The Balaban J connectivity index is 1.70. The minimum Gasteiger partial charge on any atom is -0.477 e. The number of fused-ring (bicyclic) bond motifs is 1. The Hall–Kier alpha value is -3.09. The van der Waals surface area contributed by atoms with Gasteiger partial charge in [0.05, 0.1) is 24.1 Å². The standard InChI is InChI=1S/C22H20N4O5S3/c1-25(2)14(28)9-12-10-33-18(23-12)15-16(22(30)31)26-20(29)17(32)21(26)34-19(15)24-13(27)8-11-6-4-3-5-7-11/h3-7,10,19,21H,8-9H2,1-2H3,(H,24,27)(H,30,31)/t19?,21-/m0/s1. The van der Waals surface area contributed by atoms with Gasteiger partial charge in [0.15, 0.2) is 0 Å². The Kier molecular flexibility index (Phi) is 6.82. The molecule has 0 saturated carbocycles. The number of thiazole rings is 1. The van der Waals surface area contributed by atoms with Crippen molar-refractivity contribution in [3.63, 3.8) is 0 Å². The van der Waals surface area contributed by atoms with E-state index in [4.69, 9.17) is 12.2 Å². The van der Waals surface area contributed by atoms with Gasteiger partial charge >= 0.3 is 5.97 Å². The zero-order valence-electron chi connectivity index (χ0n) is 18.2. The van der Waals surface area contributed by atoms with Gasteiger partial charge in [-0.3, -0.25) is 19.3 Å². The number of carbonyl (C=O) groups is 4. The lowest BCUT2D eigenvalue weighted by Crippen LogP contribution is -2.63. The van der Waals surface area contributed by atoms with Crippen molar-refractivity contribution in [3.8, 4) is 0 Å². The topological polar surface area (TPSA) is 120 Å². The van der Waals surface area contributed by atoms with Crippen LogP contribution in [-0.4, -0.2) is 73.3 Å². The fraction of sp³-hybridized carbons (Fsp3) is 0.273. The predicted molar refractivity (Wildman–Crippen MR) is 132 cm³/mol.